The van der Waals surface area contributed by atoms with E-state index in [1.165, 1.54) is 47.0 Å². The van der Waals surface area contributed by atoms with Crippen LogP contribution in [-0.2, 0) is 11.5 Å². The highest BCUT2D eigenvalue weighted by molar-refractivity contribution is 8.21. The Morgan fingerprint density at radius 3 is 1.54 bits per heavy atom. The van der Waals surface area contributed by atoms with E-state index in [1.807, 2.05) is 0 Å². The van der Waals surface area contributed by atoms with Crippen molar-refractivity contribution in [2.75, 3.05) is 34.5 Å². The highest BCUT2D eigenvalue weighted by Gasteiger charge is 2.25. The Morgan fingerprint density at radius 1 is 0.750 bits per heavy atom. The van der Waals surface area contributed by atoms with E-state index in [1.54, 1.807) is 0 Å². The fourth-order valence-electron chi connectivity index (χ4n) is 2.98. The van der Waals surface area contributed by atoms with Crippen LogP contribution >= 0.6 is 95.8 Å². The molecule has 1 aromatic carbocycles. The average molecular weight is 527 g/mol. The van der Waals surface area contributed by atoms with E-state index >= 15 is 0 Å². The fourth-order valence-corrected chi connectivity index (χ4v) is 13.0. The number of rotatable bonds is 12. The zero-order valence-corrected chi connectivity index (χ0v) is 22.7. The standard InChI is InChI=1S/C20H30S8/c21-9-17-13-25-19(27-17)5-7-23-11-15-1-2-16(4-3-15)12-24-8-6-20-26-14-18(10-22)28-20/h1-4,17-22H,5-14H2. The normalized spacial score (nSPS) is 27.5. The Kier molecular flexibility index (Phi) is 12.5. The Morgan fingerprint density at radius 2 is 1.18 bits per heavy atom. The monoisotopic (exact) mass is 526 g/mol. The molecule has 1 aromatic rings. The predicted octanol–water partition coefficient (Wildman–Crippen LogP) is 7.14. The van der Waals surface area contributed by atoms with Gasteiger partial charge in [0.05, 0.1) is 9.16 Å². The minimum atomic E-state index is 0.773. The Labute approximate surface area is 208 Å². The molecule has 0 N–H and O–H groups in total. The third-order valence-electron chi connectivity index (χ3n) is 4.59. The third kappa shape index (κ3) is 8.87. The first-order valence-corrected chi connectivity index (χ1v) is 17.3. The number of benzene rings is 1. The van der Waals surface area contributed by atoms with Gasteiger partial charge in [0.2, 0.25) is 0 Å². The second-order valence-electron chi connectivity index (χ2n) is 6.91. The van der Waals surface area contributed by atoms with Crippen molar-refractivity contribution in [1.82, 2.24) is 0 Å². The lowest BCUT2D eigenvalue weighted by atomic mass is 10.2. The van der Waals surface area contributed by atoms with Crippen LogP contribution in [0.5, 0.6) is 0 Å². The van der Waals surface area contributed by atoms with Gasteiger partial charge < -0.3 is 0 Å². The maximum atomic E-state index is 4.43. The van der Waals surface area contributed by atoms with Gasteiger partial charge in [-0.15, -0.1) is 47.0 Å². The van der Waals surface area contributed by atoms with Crippen LogP contribution in [0.1, 0.15) is 24.0 Å². The Bertz CT molecular complexity index is 503. The van der Waals surface area contributed by atoms with Crippen molar-refractivity contribution in [3.05, 3.63) is 35.4 Å². The average Bonchev–Trinajstić information content (AvgIpc) is 3.38. The molecule has 0 aromatic heterocycles. The summed E-state index contributed by atoms with van der Waals surface area (Å²) in [4.78, 5) is 0. The molecule has 3 rings (SSSR count). The summed E-state index contributed by atoms with van der Waals surface area (Å²) in [5.74, 6) is 9.47. The minimum Gasteiger partial charge on any atom is -0.178 e. The molecule has 0 amide bonds. The topological polar surface area (TPSA) is 0 Å². The summed E-state index contributed by atoms with van der Waals surface area (Å²) >= 11 is 21.6. The summed E-state index contributed by atoms with van der Waals surface area (Å²) in [5.41, 5.74) is 2.94. The van der Waals surface area contributed by atoms with E-state index in [-0.39, 0.29) is 0 Å². The molecule has 0 spiro atoms. The molecule has 4 unspecified atom stereocenters. The fraction of sp³-hybridized carbons (Fsp3) is 0.700. The van der Waals surface area contributed by atoms with Crippen molar-refractivity contribution in [3.8, 4) is 0 Å². The lowest BCUT2D eigenvalue weighted by Crippen LogP contribution is -2.02. The molecule has 0 radical (unpaired) electrons. The lowest BCUT2D eigenvalue weighted by Gasteiger charge is -2.10. The second kappa shape index (κ2) is 14.2. The van der Waals surface area contributed by atoms with Gasteiger partial charge in [0.15, 0.2) is 0 Å². The number of hydrogen-bond acceptors (Lipinski definition) is 8. The molecule has 4 atom stereocenters. The molecular weight excluding hydrogens is 497 g/mol. The highest BCUT2D eigenvalue weighted by atomic mass is 32.2. The van der Waals surface area contributed by atoms with Gasteiger partial charge in [-0.1, -0.05) is 24.3 Å². The third-order valence-corrected chi connectivity index (χ3v) is 14.9. The SMILES string of the molecule is SCC1CSC(CCSCc2ccc(CSCCC3SCC(CS)S3)cc2)S1. The van der Waals surface area contributed by atoms with E-state index < -0.39 is 0 Å². The maximum absolute atomic E-state index is 4.43. The quantitative estimate of drug-likeness (QED) is 0.218. The maximum Gasteiger partial charge on any atom is 0.0514 e. The molecule has 158 valence electrons. The van der Waals surface area contributed by atoms with Crippen molar-refractivity contribution in [1.29, 1.82) is 0 Å². The largest absolute Gasteiger partial charge is 0.178 e. The molecule has 2 aliphatic heterocycles. The van der Waals surface area contributed by atoms with Gasteiger partial charge in [-0.25, -0.2) is 0 Å². The van der Waals surface area contributed by atoms with Crippen LogP contribution < -0.4 is 0 Å². The van der Waals surface area contributed by atoms with Crippen LogP contribution in [0.3, 0.4) is 0 Å². The van der Waals surface area contributed by atoms with E-state index in [0.717, 1.165) is 42.7 Å². The van der Waals surface area contributed by atoms with Gasteiger partial charge in [-0.3, -0.25) is 0 Å². The second-order valence-corrected chi connectivity index (χ2v) is 15.9. The van der Waals surface area contributed by atoms with Gasteiger partial charge in [-0.2, -0.15) is 48.8 Å². The van der Waals surface area contributed by atoms with Crippen molar-refractivity contribution in [3.63, 3.8) is 0 Å². The van der Waals surface area contributed by atoms with Crippen LogP contribution in [0.15, 0.2) is 24.3 Å². The predicted molar refractivity (Wildman–Crippen MR) is 151 cm³/mol. The summed E-state index contributed by atoms with van der Waals surface area (Å²) in [7, 11) is 0. The van der Waals surface area contributed by atoms with Gasteiger partial charge >= 0.3 is 0 Å². The Hall–Kier alpha value is 2.02. The molecule has 2 heterocycles. The van der Waals surface area contributed by atoms with Gasteiger partial charge in [0, 0.05) is 45.0 Å². The number of hydrogen-bond donors (Lipinski definition) is 2. The molecule has 0 nitrogen and oxygen atoms in total. The van der Waals surface area contributed by atoms with Crippen molar-refractivity contribution in [2.24, 2.45) is 0 Å². The molecular formula is C20H30S8. The van der Waals surface area contributed by atoms with Gasteiger partial charge in [0.1, 0.15) is 0 Å². The van der Waals surface area contributed by atoms with Crippen LogP contribution in [0.4, 0.5) is 0 Å². The summed E-state index contributed by atoms with van der Waals surface area (Å²) in [5, 5.41) is 1.55. The van der Waals surface area contributed by atoms with Crippen LogP contribution in [0.2, 0.25) is 0 Å². The van der Waals surface area contributed by atoms with Gasteiger partial charge in [-0.05, 0) is 35.5 Å². The highest BCUT2D eigenvalue weighted by Crippen LogP contribution is 2.41. The summed E-state index contributed by atoms with van der Waals surface area (Å²) < 4.78 is 1.60. The van der Waals surface area contributed by atoms with Crippen LogP contribution in [0, 0.1) is 0 Å². The first-order valence-electron chi connectivity index (χ1n) is 9.76. The van der Waals surface area contributed by atoms with Crippen LogP contribution in [-0.4, -0.2) is 54.2 Å². The summed E-state index contributed by atoms with van der Waals surface area (Å²) in [6, 6.07) is 9.33. The molecule has 8 heteroatoms. The van der Waals surface area contributed by atoms with E-state index in [2.05, 4.69) is 120 Å². The lowest BCUT2D eigenvalue weighted by molar-refractivity contribution is 1.07. The zero-order valence-electron chi connectivity index (χ0n) is 16.0. The van der Waals surface area contributed by atoms with Gasteiger partial charge in [0.25, 0.3) is 0 Å². The number of thiol groups is 2. The minimum absolute atomic E-state index is 0.773. The van der Waals surface area contributed by atoms with E-state index in [9.17, 15) is 0 Å². The molecule has 2 aliphatic rings. The molecule has 0 bridgehead atoms. The molecule has 0 saturated carbocycles. The zero-order chi connectivity index (χ0) is 19.6. The molecule has 2 fully saturated rings. The summed E-state index contributed by atoms with van der Waals surface area (Å²) in [6.07, 6.45) is 2.65. The molecule has 2 saturated heterocycles. The summed E-state index contributed by atoms with van der Waals surface area (Å²) in [6.45, 7) is 0. The Balaban J connectivity index is 1.23. The number of thioether (sulfide) groups is 6. The van der Waals surface area contributed by atoms with E-state index in [0.29, 0.717) is 0 Å². The van der Waals surface area contributed by atoms with Crippen molar-refractivity contribution >= 4 is 95.8 Å². The van der Waals surface area contributed by atoms with Crippen LogP contribution in [0.25, 0.3) is 0 Å². The first-order chi connectivity index (χ1) is 13.8. The van der Waals surface area contributed by atoms with Crippen molar-refractivity contribution in [2.45, 2.75) is 44.0 Å². The van der Waals surface area contributed by atoms with E-state index in [4.69, 9.17) is 0 Å². The smallest absolute Gasteiger partial charge is 0.0514 e. The molecule has 0 aliphatic carbocycles. The molecule has 28 heavy (non-hydrogen) atoms. The first kappa shape index (κ1) is 24.7. The van der Waals surface area contributed by atoms with Crippen molar-refractivity contribution < 1.29 is 0 Å².